The van der Waals surface area contributed by atoms with Gasteiger partial charge in [0.1, 0.15) is 6.29 Å². The molecule has 0 unspecified atom stereocenters. The highest BCUT2D eigenvalue weighted by Crippen LogP contribution is 2.37. The number of allylic oxidation sites excluding steroid dienone is 2. The van der Waals surface area contributed by atoms with Crippen molar-refractivity contribution in [3.8, 4) is 0 Å². The van der Waals surface area contributed by atoms with Gasteiger partial charge in [-0.3, -0.25) is 4.79 Å². The van der Waals surface area contributed by atoms with Crippen LogP contribution in [0.5, 0.6) is 0 Å². The highest BCUT2D eigenvalue weighted by molar-refractivity contribution is 5.73. The molecule has 1 aliphatic rings. The molecule has 0 saturated heterocycles. The Kier molecular flexibility index (Phi) is 3.71. The van der Waals surface area contributed by atoms with Crippen molar-refractivity contribution in [3.05, 3.63) is 11.6 Å². The van der Waals surface area contributed by atoms with Crippen LogP contribution in [0, 0.1) is 5.41 Å². The van der Waals surface area contributed by atoms with Gasteiger partial charge < -0.3 is 0 Å². The molecule has 0 aliphatic heterocycles. The van der Waals surface area contributed by atoms with Crippen LogP contribution in [0.15, 0.2) is 11.6 Å². The molecule has 0 heterocycles. The molecular formula is C12H20O. The van der Waals surface area contributed by atoms with Crippen LogP contribution < -0.4 is 0 Å². The third-order valence-corrected chi connectivity index (χ3v) is 3.09. The first kappa shape index (κ1) is 10.5. The lowest BCUT2D eigenvalue weighted by molar-refractivity contribution is -0.105. The third kappa shape index (κ3) is 2.98. The van der Waals surface area contributed by atoms with Crippen LogP contribution in [-0.2, 0) is 4.79 Å². The molecule has 74 valence electrons. The summed E-state index contributed by atoms with van der Waals surface area (Å²) in [4.78, 5) is 10.7. The number of hydrogen-bond acceptors (Lipinski definition) is 1. The Morgan fingerprint density at radius 2 is 1.92 bits per heavy atom. The maximum atomic E-state index is 10.7. The summed E-state index contributed by atoms with van der Waals surface area (Å²) in [5.74, 6) is 0. The van der Waals surface area contributed by atoms with Crippen molar-refractivity contribution in [2.75, 3.05) is 0 Å². The van der Waals surface area contributed by atoms with E-state index in [4.69, 9.17) is 0 Å². The molecular weight excluding hydrogens is 160 g/mol. The number of aldehydes is 1. The van der Waals surface area contributed by atoms with E-state index in [2.05, 4.69) is 13.0 Å². The number of rotatable bonds is 3. The predicted octanol–water partition coefficient (Wildman–Crippen LogP) is 3.49. The zero-order valence-corrected chi connectivity index (χ0v) is 8.81. The quantitative estimate of drug-likeness (QED) is 0.480. The van der Waals surface area contributed by atoms with Crippen LogP contribution in [-0.4, -0.2) is 6.29 Å². The minimum Gasteiger partial charge on any atom is -0.298 e. The Bertz CT molecular complexity index is 197. The fourth-order valence-electron chi connectivity index (χ4n) is 2.17. The van der Waals surface area contributed by atoms with E-state index in [1.54, 1.807) is 0 Å². The predicted molar refractivity (Wildman–Crippen MR) is 55.6 cm³/mol. The standard InChI is InChI=1S/C12H20O/c1-3-11(10-13)9-12(2)7-5-4-6-8-12/h9-10H,3-8H2,1-2H3/b11-9-. The summed E-state index contributed by atoms with van der Waals surface area (Å²) in [5.41, 5.74) is 1.29. The molecule has 0 aromatic carbocycles. The van der Waals surface area contributed by atoms with Crippen molar-refractivity contribution in [3.63, 3.8) is 0 Å². The Morgan fingerprint density at radius 1 is 1.31 bits per heavy atom. The van der Waals surface area contributed by atoms with Gasteiger partial charge >= 0.3 is 0 Å². The molecule has 0 amide bonds. The third-order valence-electron chi connectivity index (χ3n) is 3.09. The monoisotopic (exact) mass is 180 g/mol. The van der Waals surface area contributed by atoms with Gasteiger partial charge in [0, 0.05) is 0 Å². The van der Waals surface area contributed by atoms with Crippen molar-refractivity contribution in [2.45, 2.75) is 52.4 Å². The van der Waals surface area contributed by atoms with E-state index in [1.807, 2.05) is 6.92 Å². The second-order valence-electron chi connectivity index (χ2n) is 4.41. The van der Waals surface area contributed by atoms with Crippen LogP contribution in [0.3, 0.4) is 0 Å². The maximum absolute atomic E-state index is 10.7. The lowest BCUT2D eigenvalue weighted by Gasteiger charge is -2.31. The van der Waals surface area contributed by atoms with Gasteiger partial charge in [0.2, 0.25) is 0 Å². The summed E-state index contributed by atoms with van der Waals surface area (Å²) in [6.45, 7) is 4.33. The molecule has 1 heteroatoms. The molecule has 1 aliphatic carbocycles. The second-order valence-corrected chi connectivity index (χ2v) is 4.41. The van der Waals surface area contributed by atoms with E-state index in [0.717, 1.165) is 18.3 Å². The minimum absolute atomic E-state index is 0.310. The lowest BCUT2D eigenvalue weighted by atomic mass is 9.74. The van der Waals surface area contributed by atoms with Crippen molar-refractivity contribution in [2.24, 2.45) is 5.41 Å². The Labute approximate surface area is 81.2 Å². The highest BCUT2D eigenvalue weighted by Gasteiger charge is 2.24. The molecule has 0 aromatic rings. The number of hydrogen-bond donors (Lipinski definition) is 0. The van der Waals surface area contributed by atoms with Gasteiger partial charge in [-0.25, -0.2) is 0 Å². The molecule has 0 aromatic heterocycles. The molecule has 1 nitrogen and oxygen atoms in total. The van der Waals surface area contributed by atoms with Crippen LogP contribution in [0.25, 0.3) is 0 Å². The van der Waals surface area contributed by atoms with E-state index in [0.29, 0.717) is 5.41 Å². The van der Waals surface area contributed by atoms with Crippen LogP contribution in [0.4, 0.5) is 0 Å². The summed E-state index contributed by atoms with van der Waals surface area (Å²) in [5, 5.41) is 0. The lowest BCUT2D eigenvalue weighted by Crippen LogP contribution is -2.18. The Hall–Kier alpha value is -0.590. The first-order valence-electron chi connectivity index (χ1n) is 5.37. The van der Waals surface area contributed by atoms with Gasteiger partial charge in [0.25, 0.3) is 0 Å². The summed E-state index contributed by atoms with van der Waals surface area (Å²) in [6, 6.07) is 0. The normalized spacial score (nSPS) is 22.8. The number of carbonyl (C=O) groups is 1. The average Bonchev–Trinajstić information content (AvgIpc) is 2.15. The first-order valence-corrected chi connectivity index (χ1v) is 5.37. The highest BCUT2D eigenvalue weighted by atomic mass is 16.1. The van der Waals surface area contributed by atoms with Gasteiger partial charge in [-0.15, -0.1) is 0 Å². The van der Waals surface area contributed by atoms with Crippen molar-refractivity contribution < 1.29 is 4.79 Å². The van der Waals surface area contributed by atoms with Crippen LogP contribution in [0.2, 0.25) is 0 Å². The molecule has 1 saturated carbocycles. The van der Waals surface area contributed by atoms with Crippen molar-refractivity contribution >= 4 is 6.29 Å². The molecule has 13 heavy (non-hydrogen) atoms. The molecule has 0 atom stereocenters. The fraction of sp³-hybridized carbons (Fsp3) is 0.750. The van der Waals surface area contributed by atoms with E-state index in [9.17, 15) is 4.79 Å². The van der Waals surface area contributed by atoms with E-state index in [-0.39, 0.29) is 0 Å². The van der Waals surface area contributed by atoms with Crippen molar-refractivity contribution in [1.29, 1.82) is 0 Å². The van der Waals surface area contributed by atoms with Gasteiger partial charge in [0.05, 0.1) is 0 Å². The minimum atomic E-state index is 0.310. The van der Waals surface area contributed by atoms with Gasteiger partial charge in [-0.05, 0) is 30.3 Å². The molecule has 0 spiro atoms. The smallest absolute Gasteiger partial charge is 0.145 e. The largest absolute Gasteiger partial charge is 0.298 e. The Balaban J connectivity index is 2.67. The summed E-state index contributed by atoms with van der Waals surface area (Å²) in [7, 11) is 0. The molecule has 0 bridgehead atoms. The van der Waals surface area contributed by atoms with Gasteiger partial charge in [-0.2, -0.15) is 0 Å². The Morgan fingerprint density at radius 3 is 2.38 bits per heavy atom. The molecule has 1 fully saturated rings. The fourth-order valence-corrected chi connectivity index (χ4v) is 2.17. The van der Waals surface area contributed by atoms with Crippen molar-refractivity contribution in [1.82, 2.24) is 0 Å². The van der Waals surface area contributed by atoms with Gasteiger partial charge in [0.15, 0.2) is 0 Å². The summed E-state index contributed by atoms with van der Waals surface area (Å²) in [6.07, 6.45) is 10.6. The van der Waals surface area contributed by atoms with Gasteiger partial charge in [-0.1, -0.05) is 39.2 Å². The first-order chi connectivity index (χ1) is 6.20. The van der Waals surface area contributed by atoms with Crippen LogP contribution >= 0.6 is 0 Å². The molecule has 1 rings (SSSR count). The molecule has 0 radical (unpaired) electrons. The molecule has 0 N–H and O–H groups in total. The zero-order chi connectivity index (χ0) is 9.73. The van der Waals surface area contributed by atoms with Crippen LogP contribution in [0.1, 0.15) is 52.4 Å². The number of carbonyl (C=O) groups excluding carboxylic acids is 1. The topological polar surface area (TPSA) is 17.1 Å². The van der Waals surface area contributed by atoms with E-state index in [1.165, 1.54) is 32.1 Å². The van der Waals surface area contributed by atoms with E-state index >= 15 is 0 Å². The summed E-state index contributed by atoms with van der Waals surface area (Å²) >= 11 is 0. The second kappa shape index (κ2) is 4.59. The SMILES string of the molecule is CC/C(C=O)=C/C1(C)CCCCC1. The average molecular weight is 180 g/mol. The zero-order valence-electron chi connectivity index (χ0n) is 8.81. The maximum Gasteiger partial charge on any atom is 0.145 e. The summed E-state index contributed by atoms with van der Waals surface area (Å²) < 4.78 is 0. The van der Waals surface area contributed by atoms with E-state index < -0.39 is 0 Å².